The Morgan fingerprint density at radius 3 is 2.68 bits per heavy atom. The van der Waals surface area contributed by atoms with Gasteiger partial charge < -0.3 is 9.84 Å². The minimum atomic E-state index is -0.569. The molecule has 1 aromatic heterocycles. The van der Waals surface area contributed by atoms with E-state index in [9.17, 15) is 5.11 Å². The van der Waals surface area contributed by atoms with Gasteiger partial charge >= 0.3 is 0 Å². The molecule has 0 spiro atoms. The van der Waals surface area contributed by atoms with Crippen LogP contribution in [-0.4, -0.2) is 22.9 Å². The summed E-state index contributed by atoms with van der Waals surface area (Å²) in [6.07, 6.45) is -0.569. The average Bonchev–Trinajstić information content (AvgIpc) is 2.82. The van der Waals surface area contributed by atoms with E-state index in [-0.39, 0.29) is 6.61 Å². The molecule has 0 saturated carbocycles. The molecule has 1 heterocycles. The van der Waals surface area contributed by atoms with Crippen molar-refractivity contribution < 1.29 is 14.5 Å². The average molecular weight is 297 g/mol. The third-order valence-corrected chi connectivity index (χ3v) is 3.74. The lowest BCUT2D eigenvalue weighted by atomic mass is 10.1. The maximum atomic E-state index is 10.2. The number of rotatable bonds is 5. The van der Waals surface area contributed by atoms with Crippen molar-refractivity contribution in [2.45, 2.75) is 26.5 Å². The van der Waals surface area contributed by atoms with Gasteiger partial charge in [0.2, 0.25) is 12.2 Å². The van der Waals surface area contributed by atoms with Crippen molar-refractivity contribution in [3.63, 3.8) is 0 Å². The maximum absolute atomic E-state index is 10.2. The summed E-state index contributed by atoms with van der Waals surface area (Å²) in [7, 11) is 0. The molecule has 0 aliphatic rings. The number of aliphatic hydroxyl groups is 1. The van der Waals surface area contributed by atoms with Crippen molar-refractivity contribution in [1.29, 1.82) is 0 Å². The van der Waals surface area contributed by atoms with Crippen molar-refractivity contribution >= 4 is 10.8 Å². The lowest BCUT2D eigenvalue weighted by Gasteiger charge is -2.11. The number of hydrogen-bond acceptors (Lipinski definition) is 2. The number of hydrogen-bond donors (Lipinski definition) is 2. The molecule has 1 atom stereocenters. The van der Waals surface area contributed by atoms with Crippen molar-refractivity contribution in [3.05, 3.63) is 59.9 Å². The van der Waals surface area contributed by atoms with E-state index in [0.29, 0.717) is 6.54 Å². The zero-order chi connectivity index (χ0) is 15.5. The first-order valence-electron chi connectivity index (χ1n) is 7.48. The monoisotopic (exact) mass is 297 g/mol. The molecule has 0 amide bonds. The van der Waals surface area contributed by atoms with Gasteiger partial charge in [0, 0.05) is 18.4 Å². The molecule has 0 aliphatic heterocycles. The third kappa shape index (κ3) is 3.12. The molecule has 3 rings (SSSR count). The van der Waals surface area contributed by atoms with E-state index < -0.39 is 6.10 Å². The van der Waals surface area contributed by atoms with E-state index in [2.05, 4.69) is 23.3 Å². The van der Waals surface area contributed by atoms with Crippen LogP contribution in [0.1, 0.15) is 11.4 Å². The van der Waals surface area contributed by atoms with E-state index in [1.54, 1.807) is 0 Å². The van der Waals surface area contributed by atoms with E-state index in [1.165, 1.54) is 0 Å². The molecule has 22 heavy (non-hydrogen) atoms. The molecular formula is C18H21N2O2+. The van der Waals surface area contributed by atoms with Gasteiger partial charge in [0.15, 0.2) is 0 Å². The zero-order valence-corrected chi connectivity index (χ0v) is 12.9. The largest absolute Gasteiger partial charge is 0.490 e. The Morgan fingerprint density at radius 1 is 1.14 bits per heavy atom. The number of fused-ring (bicyclic) bond motifs is 1. The molecule has 114 valence electrons. The normalized spacial score (nSPS) is 12.5. The maximum Gasteiger partial charge on any atom is 0.205 e. The van der Waals surface area contributed by atoms with Gasteiger partial charge in [-0.2, -0.15) is 5.10 Å². The molecule has 0 bridgehead atoms. The SMILES string of the molecule is Cc1cc(C)[n+](CC(O)COc2cccc3ccccc23)[nH]1. The molecule has 0 aliphatic carbocycles. The fourth-order valence-electron chi connectivity index (χ4n) is 2.69. The number of benzene rings is 2. The Kier molecular flexibility index (Phi) is 4.11. The van der Waals surface area contributed by atoms with Crippen LogP contribution in [0.25, 0.3) is 10.8 Å². The Labute approximate surface area is 130 Å². The quantitative estimate of drug-likeness (QED) is 0.711. The molecule has 0 fully saturated rings. The summed E-state index contributed by atoms with van der Waals surface area (Å²) in [6.45, 7) is 4.77. The molecule has 4 heteroatoms. The number of aromatic amines is 1. The van der Waals surface area contributed by atoms with Crippen LogP contribution in [0.5, 0.6) is 5.75 Å². The first kappa shape index (κ1) is 14.6. The van der Waals surface area contributed by atoms with E-state index in [1.807, 2.05) is 48.9 Å². The van der Waals surface area contributed by atoms with E-state index in [4.69, 9.17) is 4.74 Å². The molecule has 3 aromatic rings. The molecule has 2 aromatic carbocycles. The summed E-state index contributed by atoms with van der Waals surface area (Å²) in [6, 6.07) is 16.1. The number of ether oxygens (including phenoxy) is 1. The highest BCUT2D eigenvalue weighted by molar-refractivity contribution is 5.88. The van der Waals surface area contributed by atoms with Gasteiger partial charge in [0.1, 0.15) is 18.5 Å². The van der Waals surface area contributed by atoms with Gasteiger partial charge in [-0.1, -0.05) is 36.4 Å². The second-order valence-electron chi connectivity index (χ2n) is 5.63. The number of aromatic nitrogens is 2. The van der Waals surface area contributed by atoms with Crippen LogP contribution in [0, 0.1) is 13.8 Å². The number of aryl methyl sites for hydroxylation is 2. The van der Waals surface area contributed by atoms with Gasteiger partial charge in [0.05, 0.1) is 5.69 Å². The number of nitrogens with zero attached hydrogens (tertiary/aromatic N) is 1. The van der Waals surface area contributed by atoms with E-state index >= 15 is 0 Å². The molecule has 1 unspecified atom stereocenters. The minimum Gasteiger partial charge on any atom is -0.490 e. The van der Waals surface area contributed by atoms with Crippen LogP contribution in [0.3, 0.4) is 0 Å². The number of aliphatic hydroxyl groups excluding tert-OH is 1. The van der Waals surface area contributed by atoms with Crippen molar-refractivity contribution in [3.8, 4) is 5.75 Å². The van der Waals surface area contributed by atoms with Gasteiger partial charge in [-0.15, -0.1) is 4.68 Å². The Balaban J connectivity index is 1.67. The van der Waals surface area contributed by atoms with Crippen LogP contribution in [-0.2, 0) is 6.54 Å². The predicted molar refractivity (Wildman–Crippen MR) is 85.9 cm³/mol. The van der Waals surface area contributed by atoms with Crippen molar-refractivity contribution in [1.82, 2.24) is 5.10 Å². The third-order valence-electron chi connectivity index (χ3n) is 3.74. The van der Waals surface area contributed by atoms with Crippen LogP contribution in [0.15, 0.2) is 48.5 Å². The van der Waals surface area contributed by atoms with Crippen molar-refractivity contribution in [2.24, 2.45) is 0 Å². The summed E-state index contributed by atoms with van der Waals surface area (Å²) < 4.78 is 7.76. The minimum absolute atomic E-state index is 0.262. The Morgan fingerprint density at radius 2 is 1.91 bits per heavy atom. The topological polar surface area (TPSA) is 49.1 Å². The first-order valence-corrected chi connectivity index (χ1v) is 7.48. The van der Waals surface area contributed by atoms with E-state index in [0.717, 1.165) is 27.9 Å². The molecule has 2 N–H and O–H groups in total. The fourth-order valence-corrected chi connectivity index (χ4v) is 2.69. The van der Waals surface area contributed by atoms with Crippen LogP contribution in [0.2, 0.25) is 0 Å². The molecular weight excluding hydrogens is 276 g/mol. The summed E-state index contributed by atoms with van der Waals surface area (Å²) in [4.78, 5) is 0. The standard InChI is InChI=1S/C18H20N2O2/c1-13-10-14(2)20(19-13)11-16(21)12-22-18-9-5-7-15-6-3-4-8-17(15)18/h3-10,16,21H,11-12H2,1-2H3/p+1. The summed E-state index contributed by atoms with van der Waals surface area (Å²) in [5.74, 6) is 0.807. The summed E-state index contributed by atoms with van der Waals surface area (Å²) in [5.41, 5.74) is 2.18. The first-order chi connectivity index (χ1) is 10.6. The smallest absolute Gasteiger partial charge is 0.205 e. The van der Waals surface area contributed by atoms with Gasteiger partial charge in [-0.25, -0.2) is 0 Å². The zero-order valence-electron chi connectivity index (χ0n) is 12.9. The van der Waals surface area contributed by atoms with Gasteiger partial charge in [-0.05, 0) is 18.4 Å². The van der Waals surface area contributed by atoms with Gasteiger partial charge in [0.25, 0.3) is 0 Å². The van der Waals surface area contributed by atoms with Crippen LogP contribution < -0.4 is 9.42 Å². The number of nitrogens with one attached hydrogen (secondary N) is 1. The fraction of sp³-hybridized carbons (Fsp3) is 0.278. The van der Waals surface area contributed by atoms with Crippen LogP contribution >= 0.6 is 0 Å². The predicted octanol–water partition coefficient (Wildman–Crippen LogP) is 2.51. The summed E-state index contributed by atoms with van der Waals surface area (Å²) >= 11 is 0. The molecule has 4 nitrogen and oxygen atoms in total. The van der Waals surface area contributed by atoms with Crippen molar-refractivity contribution in [2.75, 3.05) is 6.61 Å². The molecule has 0 radical (unpaired) electrons. The highest BCUT2D eigenvalue weighted by atomic mass is 16.5. The second-order valence-corrected chi connectivity index (χ2v) is 5.63. The second kappa shape index (κ2) is 6.20. The lowest BCUT2D eigenvalue weighted by molar-refractivity contribution is -0.761. The summed E-state index contributed by atoms with van der Waals surface area (Å²) in [5, 5.41) is 15.6. The molecule has 0 saturated heterocycles. The number of H-pyrrole nitrogens is 1. The highest BCUT2D eigenvalue weighted by Crippen LogP contribution is 2.25. The van der Waals surface area contributed by atoms with Crippen LogP contribution in [0.4, 0.5) is 0 Å². The lowest BCUT2D eigenvalue weighted by Crippen LogP contribution is -2.45. The Hall–Kier alpha value is -2.33. The van der Waals surface area contributed by atoms with Gasteiger partial charge in [-0.3, -0.25) is 0 Å². The highest BCUT2D eigenvalue weighted by Gasteiger charge is 2.17. The Bertz CT molecular complexity index is 774.